The van der Waals surface area contributed by atoms with Crippen LogP contribution in [0.25, 0.3) is 0 Å². The molecule has 2 rings (SSSR count). The lowest BCUT2D eigenvalue weighted by molar-refractivity contribution is 0.279. The van der Waals surface area contributed by atoms with Crippen molar-refractivity contribution in [3.63, 3.8) is 0 Å². The highest BCUT2D eigenvalue weighted by Crippen LogP contribution is 2.25. The van der Waals surface area contributed by atoms with Gasteiger partial charge in [-0.05, 0) is 25.9 Å². The van der Waals surface area contributed by atoms with Crippen molar-refractivity contribution in [3.05, 3.63) is 17.8 Å². The first-order valence-electron chi connectivity index (χ1n) is 5.16. The molecule has 14 heavy (non-hydrogen) atoms. The zero-order valence-electron chi connectivity index (χ0n) is 8.20. The minimum atomic E-state index is 0.103. The molecule has 0 saturated carbocycles. The molecule has 1 fully saturated rings. The number of aromatic nitrogens is 1. The van der Waals surface area contributed by atoms with Crippen LogP contribution in [0.15, 0.2) is 10.6 Å². The predicted octanol–water partition coefficient (Wildman–Crippen LogP) is 0.676. The molecule has 0 unspecified atom stereocenters. The average molecular weight is 196 g/mol. The van der Waals surface area contributed by atoms with Crippen LogP contribution in [0.1, 0.15) is 30.4 Å². The Kier molecular flexibility index (Phi) is 3.16. The summed E-state index contributed by atoms with van der Waals surface area (Å²) in [7, 11) is 0. The zero-order valence-corrected chi connectivity index (χ0v) is 8.20. The lowest BCUT2D eigenvalue weighted by Crippen LogP contribution is -2.26. The number of nitrogens with zero attached hydrogens (tertiary/aromatic N) is 1. The summed E-state index contributed by atoms with van der Waals surface area (Å²) in [5, 5.41) is 12.0. The molecule has 0 aromatic carbocycles. The number of rotatable bonds is 3. The van der Waals surface area contributed by atoms with Crippen molar-refractivity contribution in [1.82, 2.24) is 10.3 Å². The molecule has 0 amide bonds. The fourth-order valence-corrected chi connectivity index (χ4v) is 1.83. The molecule has 0 bridgehead atoms. The van der Waals surface area contributed by atoms with E-state index in [9.17, 15) is 0 Å². The van der Waals surface area contributed by atoms with Gasteiger partial charge in [-0.3, -0.25) is 0 Å². The molecule has 2 N–H and O–H groups in total. The van der Waals surface area contributed by atoms with Crippen LogP contribution in [0.2, 0.25) is 0 Å². The van der Waals surface area contributed by atoms with E-state index in [2.05, 4.69) is 10.3 Å². The van der Waals surface area contributed by atoms with Gasteiger partial charge in [-0.1, -0.05) is 0 Å². The van der Waals surface area contributed by atoms with Crippen LogP contribution in [-0.4, -0.2) is 29.8 Å². The fourth-order valence-electron chi connectivity index (χ4n) is 1.83. The molecule has 0 radical (unpaired) electrons. The van der Waals surface area contributed by atoms with E-state index in [1.807, 2.05) is 0 Å². The number of hydrogen-bond acceptors (Lipinski definition) is 4. The lowest BCUT2D eigenvalue weighted by atomic mass is 9.96. The van der Waals surface area contributed by atoms with Crippen molar-refractivity contribution >= 4 is 0 Å². The molecule has 4 heteroatoms. The number of hydrogen-bond donors (Lipinski definition) is 2. The van der Waals surface area contributed by atoms with Gasteiger partial charge in [0.1, 0.15) is 5.76 Å². The molecule has 1 saturated heterocycles. The smallest absolute Gasteiger partial charge is 0.196 e. The quantitative estimate of drug-likeness (QED) is 0.746. The van der Waals surface area contributed by atoms with Gasteiger partial charge in [-0.25, -0.2) is 4.98 Å². The minimum absolute atomic E-state index is 0.103. The molecule has 0 atom stereocenters. The van der Waals surface area contributed by atoms with Crippen LogP contribution < -0.4 is 5.32 Å². The Hall–Kier alpha value is -0.870. The van der Waals surface area contributed by atoms with E-state index >= 15 is 0 Å². The summed E-state index contributed by atoms with van der Waals surface area (Å²) < 4.78 is 5.56. The van der Waals surface area contributed by atoms with Gasteiger partial charge in [0.05, 0.1) is 12.8 Å². The van der Waals surface area contributed by atoms with E-state index in [0.29, 0.717) is 18.2 Å². The second-order valence-corrected chi connectivity index (χ2v) is 3.65. The van der Waals surface area contributed by atoms with E-state index < -0.39 is 0 Å². The molecule has 0 spiro atoms. The van der Waals surface area contributed by atoms with E-state index in [1.54, 1.807) is 6.20 Å². The van der Waals surface area contributed by atoms with E-state index in [0.717, 1.165) is 31.7 Å². The summed E-state index contributed by atoms with van der Waals surface area (Å²) in [6.45, 7) is 2.22. The molecule has 2 heterocycles. The van der Waals surface area contributed by atoms with E-state index in [-0.39, 0.29) is 6.61 Å². The summed E-state index contributed by atoms with van der Waals surface area (Å²) in [5.74, 6) is 2.15. The van der Waals surface area contributed by atoms with Gasteiger partial charge in [0.25, 0.3) is 0 Å². The average Bonchev–Trinajstić information content (AvgIpc) is 2.68. The summed E-state index contributed by atoms with van der Waals surface area (Å²) >= 11 is 0. The highest BCUT2D eigenvalue weighted by atomic mass is 16.4. The first kappa shape index (κ1) is 9.68. The first-order chi connectivity index (χ1) is 6.90. The van der Waals surface area contributed by atoms with Crippen molar-refractivity contribution in [3.8, 4) is 0 Å². The van der Waals surface area contributed by atoms with Crippen molar-refractivity contribution < 1.29 is 9.52 Å². The topological polar surface area (TPSA) is 58.3 Å². The number of aliphatic hydroxyl groups is 1. The van der Waals surface area contributed by atoms with Crippen molar-refractivity contribution in [2.24, 2.45) is 0 Å². The van der Waals surface area contributed by atoms with Crippen LogP contribution >= 0.6 is 0 Å². The second kappa shape index (κ2) is 4.57. The lowest BCUT2D eigenvalue weighted by Gasteiger charge is -2.19. The zero-order chi connectivity index (χ0) is 9.80. The molecule has 1 aliphatic heterocycles. The molecular weight excluding hydrogens is 180 g/mol. The Balaban J connectivity index is 2.00. The Morgan fingerprint density at radius 1 is 1.50 bits per heavy atom. The highest BCUT2D eigenvalue weighted by molar-refractivity contribution is 5.03. The summed E-state index contributed by atoms with van der Waals surface area (Å²) in [4.78, 5) is 4.13. The van der Waals surface area contributed by atoms with Gasteiger partial charge in [0.15, 0.2) is 5.89 Å². The van der Waals surface area contributed by atoms with E-state index in [4.69, 9.17) is 9.52 Å². The summed E-state index contributed by atoms with van der Waals surface area (Å²) in [6, 6.07) is 0. The monoisotopic (exact) mass is 196 g/mol. The maximum Gasteiger partial charge on any atom is 0.196 e. The number of nitrogens with one attached hydrogen (secondary N) is 1. The second-order valence-electron chi connectivity index (χ2n) is 3.65. The molecule has 78 valence electrons. The van der Waals surface area contributed by atoms with Gasteiger partial charge >= 0.3 is 0 Å². The van der Waals surface area contributed by atoms with Crippen molar-refractivity contribution in [2.45, 2.75) is 25.2 Å². The third-order valence-electron chi connectivity index (χ3n) is 2.64. The number of piperidine rings is 1. The Bertz CT molecular complexity index is 279. The van der Waals surface area contributed by atoms with Crippen LogP contribution in [0.4, 0.5) is 0 Å². The molecule has 1 aromatic heterocycles. The molecule has 1 aliphatic rings. The summed E-state index contributed by atoms with van der Waals surface area (Å²) in [6.07, 6.45) is 4.56. The van der Waals surface area contributed by atoms with Gasteiger partial charge in [-0.15, -0.1) is 0 Å². The first-order valence-corrected chi connectivity index (χ1v) is 5.16. The SMILES string of the molecule is OCCc1ncc(C2CCNCC2)o1. The van der Waals surface area contributed by atoms with Crippen LogP contribution in [-0.2, 0) is 6.42 Å². The fraction of sp³-hybridized carbons (Fsp3) is 0.700. The Morgan fingerprint density at radius 3 is 3.00 bits per heavy atom. The largest absolute Gasteiger partial charge is 0.445 e. The van der Waals surface area contributed by atoms with Crippen molar-refractivity contribution in [2.75, 3.05) is 19.7 Å². The molecule has 1 aromatic rings. The van der Waals surface area contributed by atoms with Crippen molar-refractivity contribution in [1.29, 1.82) is 0 Å². The molecule has 4 nitrogen and oxygen atoms in total. The Morgan fingerprint density at radius 2 is 2.29 bits per heavy atom. The van der Waals surface area contributed by atoms with Crippen LogP contribution in [0.5, 0.6) is 0 Å². The minimum Gasteiger partial charge on any atom is -0.445 e. The third-order valence-corrected chi connectivity index (χ3v) is 2.64. The maximum atomic E-state index is 8.73. The molecular formula is C10H16N2O2. The maximum absolute atomic E-state index is 8.73. The highest BCUT2D eigenvalue weighted by Gasteiger charge is 2.18. The Labute approximate surface area is 83.3 Å². The number of oxazole rings is 1. The summed E-state index contributed by atoms with van der Waals surface area (Å²) in [5.41, 5.74) is 0. The van der Waals surface area contributed by atoms with Crippen LogP contribution in [0.3, 0.4) is 0 Å². The normalized spacial score (nSPS) is 18.6. The van der Waals surface area contributed by atoms with Gasteiger partial charge in [-0.2, -0.15) is 0 Å². The standard InChI is InChI=1S/C10H16N2O2/c13-6-3-10-12-7-9(14-10)8-1-4-11-5-2-8/h7-8,11,13H,1-6H2. The molecule has 0 aliphatic carbocycles. The number of aliphatic hydroxyl groups excluding tert-OH is 1. The van der Waals surface area contributed by atoms with E-state index in [1.165, 1.54) is 0 Å². The van der Waals surface area contributed by atoms with Crippen LogP contribution in [0, 0.1) is 0 Å². The van der Waals surface area contributed by atoms with Gasteiger partial charge in [0.2, 0.25) is 0 Å². The van der Waals surface area contributed by atoms with Gasteiger partial charge in [0, 0.05) is 12.3 Å². The van der Waals surface area contributed by atoms with Gasteiger partial charge < -0.3 is 14.8 Å². The third kappa shape index (κ3) is 2.13. The predicted molar refractivity (Wildman–Crippen MR) is 52.1 cm³/mol.